The molecule has 0 saturated carbocycles. The van der Waals surface area contributed by atoms with Crippen LogP contribution in [0.15, 0.2) is 36.4 Å². The number of hydrogen-bond donors (Lipinski definition) is 0. The van der Waals surface area contributed by atoms with Gasteiger partial charge in [-0.2, -0.15) is 0 Å². The van der Waals surface area contributed by atoms with Crippen molar-refractivity contribution >= 4 is 11.6 Å². The summed E-state index contributed by atoms with van der Waals surface area (Å²) >= 11 is 6.50. The molecule has 2 aliphatic rings. The SMILES string of the molecule is CCc1ccc(Cc2cc3c(cc2Cl)C(F)CC32CCCCO2)cc1. The maximum atomic E-state index is 14.6. The van der Waals surface area contributed by atoms with Crippen LogP contribution in [0.3, 0.4) is 0 Å². The highest BCUT2D eigenvalue weighted by Crippen LogP contribution is 2.52. The molecular weight excluding hydrogens is 335 g/mol. The van der Waals surface area contributed by atoms with Crippen molar-refractivity contribution in [2.24, 2.45) is 0 Å². The summed E-state index contributed by atoms with van der Waals surface area (Å²) in [5.41, 5.74) is 4.96. The molecule has 0 amide bonds. The summed E-state index contributed by atoms with van der Waals surface area (Å²) in [7, 11) is 0. The van der Waals surface area contributed by atoms with Crippen LogP contribution in [0.5, 0.6) is 0 Å². The molecule has 1 aliphatic heterocycles. The van der Waals surface area contributed by atoms with Gasteiger partial charge in [0.25, 0.3) is 0 Å². The lowest BCUT2D eigenvalue weighted by atomic mass is 9.86. The van der Waals surface area contributed by atoms with E-state index in [1.165, 1.54) is 11.1 Å². The van der Waals surface area contributed by atoms with E-state index >= 15 is 0 Å². The van der Waals surface area contributed by atoms with E-state index in [2.05, 4.69) is 37.3 Å². The molecule has 1 heterocycles. The van der Waals surface area contributed by atoms with E-state index in [9.17, 15) is 4.39 Å². The van der Waals surface area contributed by atoms with Crippen LogP contribution in [0.4, 0.5) is 4.39 Å². The van der Waals surface area contributed by atoms with Gasteiger partial charge in [-0.3, -0.25) is 0 Å². The second-order valence-corrected chi connectivity index (χ2v) is 7.76. The number of aryl methyl sites for hydroxylation is 1. The molecule has 2 aromatic carbocycles. The largest absolute Gasteiger partial charge is 0.370 e. The second-order valence-electron chi connectivity index (χ2n) is 7.35. The maximum Gasteiger partial charge on any atom is 0.129 e. The van der Waals surface area contributed by atoms with Crippen LogP contribution in [0.25, 0.3) is 0 Å². The zero-order valence-corrected chi connectivity index (χ0v) is 15.4. The van der Waals surface area contributed by atoms with Gasteiger partial charge in [0.15, 0.2) is 0 Å². The van der Waals surface area contributed by atoms with Crippen molar-refractivity contribution in [1.82, 2.24) is 0 Å². The van der Waals surface area contributed by atoms with E-state index < -0.39 is 11.8 Å². The van der Waals surface area contributed by atoms with Gasteiger partial charge in [0.2, 0.25) is 0 Å². The molecule has 1 aliphatic carbocycles. The third-order valence-corrected chi connectivity index (χ3v) is 6.09. The molecule has 132 valence electrons. The first-order valence-electron chi connectivity index (χ1n) is 9.30. The molecular formula is C22H24ClFO. The van der Waals surface area contributed by atoms with Gasteiger partial charge in [0, 0.05) is 18.1 Å². The minimum atomic E-state index is -0.969. The van der Waals surface area contributed by atoms with Crippen LogP contribution < -0.4 is 0 Å². The molecule has 2 aromatic rings. The molecule has 0 bridgehead atoms. The smallest absolute Gasteiger partial charge is 0.129 e. The third kappa shape index (κ3) is 3.11. The van der Waals surface area contributed by atoms with E-state index in [4.69, 9.17) is 16.3 Å². The average Bonchev–Trinajstić information content (AvgIpc) is 2.88. The molecule has 4 rings (SSSR count). The van der Waals surface area contributed by atoms with Crippen molar-refractivity contribution in [1.29, 1.82) is 0 Å². The third-order valence-electron chi connectivity index (χ3n) is 5.73. The van der Waals surface area contributed by atoms with Gasteiger partial charge < -0.3 is 4.74 Å². The van der Waals surface area contributed by atoms with Crippen LogP contribution >= 0.6 is 11.6 Å². The lowest BCUT2D eigenvalue weighted by Crippen LogP contribution is -2.31. The van der Waals surface area contributed by atoms with Gasteiger partial charge >= 0.3 is 0 Å². The zero-order chi connectivity index (χ0) is 17.4. The van der Waals surface area contributed by atoms with Crippen LogP contribution in [0, 0.1) is 0 Å². The summed E-state index contributed by atoms with van der Waals surface area (Å²) in [5, 5.41) is 0.661. The Kier molecular flexibility index (Phi) is 4.59. The number of fused-ring (bicyclic) bond motifs is 2. The van der Waals surface area contributed by atoms with Crippen molar-refractivity contribution in [3.63, 3.8) is 0 Å². The summed E-state index contributed by atoms with van der Waals surface area (Å²) < 4.78 is 20.7. The Hall–Kier alpha value is -1.38. The molecule has 1 fully saturated rings. The lowest BCUT2D eigenvalue weighted by molar-refractivity contribution is -0.0902. The molecule has 1 nitrogen and oxygen atoms in total. The van der Waals surface area contributed by atoms with Crippen molar-refractivity contribution in [3.05, 3.63) is 69.2 Å². The first-order valence-corrected chi connectivity index (χ1v) is 9.68. The Bertz CT molecular complexity index is 762. The highest BCUT2D eigenvalue weighted by atomic mass is 35.5. The first-order chi connectivity index (χ1) is 12.1. The fraction of sp³-hybridized carbons (Fsp3) is 0.455. The standard InChI is InChI=1S/C22H24ClFO/c1-2-15-5-7-16(8-6-15)11-17-12-19-18(13-20(17)23)21(24)14-22(19)9-3-4-10-25-22/h5-8,12-13,21H,2-4,9-11,14H2,1H3. The van der Waals surface area contributed by atoms with Gasteiger partial charge in [-0.1, -0.05) is 48.9 Å². The predicted molar refractivity (Wildman–Crippen MR) is 100 cm³/mol. The number of ether oxygens (including phenoxy) is 1. The maximum absolute atomic E-state index is 14.6. The first kappa shape index (κ1) is 17.1. The normalized spacial score (nSPS) is 25.3. The van der Waals surface area contributed by atoms with E-state index in [-0.39, 0.29) is 0 Å². The van der Waals surface area contributed by atoms with Crippen molar-refractivity contribution in [2.75, 3.05) is 6.61 Å². The molecule has 3 heteroatoms. The summed E-state index contributed by atoms with van der Waals surface area (Å²) in [6.45, 7) is 2.88. The fourth-order valence-corrected chi connectivity index (χ4v) is 4.51. The van der Waals surface area contributed by atoms with Gasteiger partial charge in [-0.05, 0) is 66.0 Å². The number of rotatable bonds is 3. The molecule has 25 heavy (non-hydrogen) atoms. The highest BCUT2D eigenvalue weighted by Gasteiger charge is 2.46. The fourth-order valence-electron chi connectivity index (χ4n) is 4.27. The van der Waals surface area contributed by atoms with Gasteiger partial charge in [0.05, 0.1) is 5.60 Å². The monoisotopic (exact) mass is 358 g/mol. The quantitative estimate of drug-likeness (QED) is 0.625. The highest BCUT2D eigenvalue weighted by molar-refractivity contribution is 6.31. The van der Waals surface area contributed by atoms with Gasteiger partial charge in [0.1, 0.15) is 6.17 Å². The van der Waals surface area contributed by atoms with E-state index in [0.717, 1.165) is 55.4 Å². The second kappa shape index (κ2) is 6.74. The lowest BCUT2D eigenvalue weighted by Gasteiger charge is -2.34. The Balaban J connectivity index is 1.69. The molecule has 0 radical (unpaired) electrons. The molecule has 2 atom stereocenters. The Morgan fingerprint density at radius 1 is 1.16 bits per heavy atom. The minimum Gasteiger partial charge on any atom is -0.370 e. The predicted octanol–water partition coefficient (Wildman–Crippen LogP) is 6.30. The van der Waals surface area contributed by atoms with Crippen LogP contribution in [0.1, 0.15) is 66.6 Å². The summed E-state index contributed by atoms with van der Waals surface area (Å²) in [6.07, 6.45) is 4.35. The Morgan fingerprint density at radius 2 is 1.92 bits per heavy atom. The van der Waals surface area contributed by atoms with Crippen LogP contribution in [-0.4, -0.2) is 6.61 Å². The number of halogens is 2. The molecule has 2 unspecified atom stereocenters. The van der Waals surface area contributed by atoms with Gasteiger partial charge in [-0.25, -0.2) is 4.39 Å². The van der Waals surface area contributed by atoms with Crippen molar-refractivity contribution < 1.29 is 9.13 Å². The molecule has 1 saturated heterocycles. The van der Waals surface area contributed by atoms with Crippen LogP contribution in [0.2, 0.25) is 5.02 Å². The summed E-state index contributed by atoms with van der Waals surface area (Å²) in [6, 6.07) is 12.6. The number of alkyl halides is 1. The number of hydrogen-bond acceptors (Lipinski definition) is 1. The molecule has 1 spiro atoms. The van der Waals surface area contributed by atoms with Crippen molar-refractivity contribution in [3.8, 4) is 0 Å². The van der Waals surface area contributed by atoms with Gasteiger partial charge in [-0.15, -0.1) is 0 Å². The average molecular weight is 359 g/mol. The van der Waals surface area contributed by atoms with E-state index in [0.29, 0.717) is 11.4 Å². The summed E-state index contributed by atoms with van der Waals surface area (Å²) in [4.78, 5) is 0. The number of benzene rings is 2. The summed E-state index contributed by atoms with van der Waals surface area (Å²) in [5.74, 6) is 0. The van der Waals surface area contributed by atoms with E-state index in [1.807, 2.05) is 6.07 Å². The molecule has 0 aromatic heterocycles. The Morgan fingerprint density at radius 3 is 2.60 bits per heavy atom. The zero-order valence-electron chi connectivity index (χ0n) is 14.7. The van der Waals surface area contributed by atoms with E-state index in [1.54, 1.807) is 0 Å². The minimum absolute atomic E-state index is 0.432. The topological polar surface area (TPSA) is 9.23 Å². The Labute approximate surface area is 154 Å². The van der Waals surface area contributed by atoms with Crippen LogP contribution in [-0.2, 0) is 23.2 Å². The molecule has 0 N–H and O–H groups in total. The van der Waals surface area contributed by atoms with Crippen molar-refractivity contribution in [2.45, 2.75) is 57.2 Å².